The van der Waals surface area contributed by atoms with Gasteiger partial charge in [-0.3, -0.25) is 0 Å². The van der Waals surface area contributed by atoms with Crippen LogP contribution in [0.15, 0.2) is 45.8 Å². The van der Waals surface area contributed by atoms with E-state index in [9.17, 15) is 0 Å². The van der Waals surface area contributed by atoms with Crippen LogP contribution >= 0.6 is 0 Å². The summed E-state index contributed by atoms with van der Waals surface area (Å²) < 4.78 is 11.6. The first kappa shape index (κ1) is 11.9. The lowest BCUT2D eigenvalue weighted by Crippen LogP contribution is -1.76. The molecule has 0 spiro atoms. The van der Waals surface area contributed by atoms with Crippen LogP contribution in [0.25, 0.3) is 45.1 Å². The first-order valence-corrected chi connectivity index (χ1v) is 6.68. The summed E-state index contributed by atoms with van der Waals surface area (Å²) in [4.78, 5) is 8.79. The van der Waals surface area contributed by atoms with Gasteiger partial charge in [0.1, 0.15) is 11.0 Å². The zero-order chi connectivity index (χ0) is 14.4. The van der Waals surface area contributed by atoms with Gasteiger partial charge in [-0.2, -0.15) is 0 Å². The Kier molecular flexibility index (Phi) is 2.44. The van der Waals surface area contributed by atoms with Crippen LogP contribution in [-0.2, 0) is 0 Å². The number of fused-ring (bicyclic) bond motifs is 5. The SMILES string of the molecule is C=Cc1nc2ccc3c(ccc4nc(/C=C/C)oc43)c2o1. The molecule has 0 atom stereocenters. The fourth-order valence-corrected chi connectivity index (χ4v) is 2.51. The minimum Gasteiger partial charge on any atom is -0.436 e. The van der Waals surface area contributed by atoms with Crippen molar-refractivity contribution in [2.24, 2.45) is 0 Å². The number of aromatic nitrogens is 2. The van der Waals surface area contributed by atoms with Crippen LogP contribution < -0.4 is 0 Å². The van der Waals surface area contributed by atoms with Gasteiger partial charge in [-0.25, -0.2) is 9.97 Å². The summed E-state index contributed by atoms with van der Waals surface area (Å²) in [6, 6.07) is 7.83. The summed E-state index contributed by atoms with van der Waals surface area (Å²) in [6.45, 7) is 5.62. The Hall–Kier alpha value is -2.88. The Morgan fingerprint density at radius 3 is 2.05 bits per heavy atom. The number of hydrogen-bond donors (Lipinski definition) is 0. The quantitative estimate of drug-likeness (QED) is 0.527. The molecule has 0 aliphatic rings. The Labute approximate surface area is 120 Å². The highest BCUT2D eigenvalue weighted by Crippen LogP contribution is 2.32. The van der Waals surface area contributed by atoms with Crippen molar-refractivity contribution >= 4 is 45.1 Å². The van der Waals surface area contributed by atoms with Crippen LogP contribution in [-0.4, -0.2) is 9.97 Å². The Balaban J connectivity index is 2.12. The molecule has 0 saturated carbocycles. The highest BCUT2D eigenvalue weighted by molar-refractivity contribution is 6.12. The van der Waals surface area contributed by atoms with Gasteiger partial charge in [0.2, 0.25) is 11.8 Å². The Morgan fingerprint density at radius 2 is 1.48 bits per heavy atom. The number of hydrogen-bond acceptors (Lipinski definition) is 4. The summed E-state index contributed by atoms with van der Waals surface area (Å²) in [5.74, 6) is 1.12. The maximum atomic E-state index is 5.82. The molecule has 0 bridgehead atoms. The van der Waals surface area contributed by atoms with Crippen LogP contribution in [0.3, 0.4) is 0 Å². The van der Waals surface area contributed by atoms with E-state index in [0.717, 1.165) is 33.0 Å². The topological polar surface area (TPSA) is 52.1 Å². The van der Waals surface area contributed by atoms with Crippen LogP contribution in [0.4, 0.5) is 0 Å². The van der Waals surface area contributed by atoms with E-state index >= 15 is 0 Å². The van der Waals surface area contributed by atoms with Gasteiger partial charge < -0.3 is 8.83 Å². The Morgan fingerprint density at radius 1 is 0.905 bits per heavy atom. The van der Waals surface area contributed by atoms with Crippen molar-refractivity contribution in [2.75, 3.05) is 0 Å². The molecule has 0 fully saturated rings. The van der Waals surface area contributed by atoms with Crippen molar-refractivity contribution in [2.45, 2.75) is 6.92 Å². The molecule has 0 N–H and O–H groups in total. The molecule has 21 heavy (non-hydrogen) atoms. The van der Waals surface area contributed by atoms with Gasteiger partial charge in [-0.05, 0) is 43.3 Å². The molecule has 4 aromatic rings. The zero-order valence-corrected chi connectivity index (χ0v) is 11.5. The number of allylic oxidation sites excluding steroid dienone is 1. The monoisotopic (exact) mass is 276 g/mol. The van der Waals surface area contributed by atoms with Gasteiger partial charge >= 0.3 is 0 Å². The standard InChI is InChI=1S/C17H12N2O2/c1-3-5-15-19-13-9-7-10-11(17(13)21-15)6-8-12-16(10)20-14(4-2)18-12/h3-9H,2H2,1H3/b5-3+. The Bertz CT molecular complexity index is 1020. The number of benzene rings is 2. The fourth-order valence-electron chi connectivity index (χ4n) is 2.51. The first-order chi connectivity index (χ1) is 10.3. The summed E-state index contributed by atoms with van der Waals surface area (Å²) in [5, 5.41) is 1.93. The van der Waals surface area contributed by atoms with Crippen molar-refractivity contribution in [3.63, 3.8) is 0 Å². The van der Waals surface area contributed by atoms with Crippen LogP contribution in [0, 0.1) is 0 Å². The minimum atomic E-state index is 0.518. The average molecular weight is 276 g/mol. The molecular formula is C17H12N2O2. The third-order valence-electron chi connectivity index (χ3n) is 3.42. The van der Waals surface area contributed by atoms with E-state index in [1.54, 1.807) is 6.08 Å². The fraction of sp³-hybridized carbons (Fsp3) is 0.0588. The average Bonchev–Trinajstić information content (AvgIpc) is 3.09. The first-order valence-electron chi connectivity index (χ1n) is 6.68. The van der Waals surface area contributed by atoms with Crippen molar-refractivity contribution < 1.29 is 8.83 Å². The van der Waals surface area contributed by atoms with Crippen molar-refractivity contribution in [1.82, 2.24) is 9.97 Å². The highest BCUT2D eigenvalue weighted by Gasteiger charge is 2.13. The molecule has 0 aliphatic carbocycles. The lowest BCUT2D eigenvalue weighted by Gasteiger charge is -1.97. The normalized spacial score (nSPS) is 12.0. The second kappa shape index (κ2) is 4.31. The van der Waals surface area contributed by atoms with E-state index in [0.29, 0.717) is 11.8 Å². The predicted octanol–water partition coefficient (Wildman–Crippen LogP) is 4.80. The molecular weight excluding hydrogens is 264 g/mol. The number of rotatable bonds is 2. The molecule has 0 aliphatic heterocycles. The van der Waals surface area contributed by atoms with Crippen LogP contribution in [0.2, 0.25) is 0 Å². The second-order valence-electron chi connectivity index (χ2n) is 4.73. The lowest BCUT2D eigenvalue weighted by atomic mass is 10.1. The molecule has 4 rings (SSSR count). The number of nitrogens with zero attached hydrogens (tertiary/aromatic N) is 2. The molecule has 0 amide bonds. The predicted molar refractivity (Wildman–Crippen MR) is 83.9 cm³/mol. The van der Waals surface area contributed by atoms with Gasteiger partial charge in [0.15, 0.2) is 11.2 Å². The van der Waals surface area contributed by atoms with Crippen molar-refractivity contribution in [3.8, 4) is 0 Å². The maximum absolute atomic E-state index is 5.82. The van der Waals surface area contributed by atoms with Crippen molar-refractivity contribution in [1.29, 1.82) is 0 Å². The van der Waals surface area contributed by atoms with E-state index in [1.807, 2.05) is 43.3 Å². The molecule has 4 nitrogen and oxygen atoms in total. The molecule has 0 unspecified atom stereocenters. The van der Waals surface area contributed by atoms with Crippen LogP contribution in [0.5, 0.6) is 0 Å². The van der Waals surface area contributed by atoms with Gasteiger partial charge in [-0.1, -0.05) is 12.7 Å². The largest absolute Gasteiger partial charge is 0.436 e. The van der Waals surface area contributed by atoms with E-state index in [4.69, 9.17) is 8.83 Å². The third kappa shape index (κ3) is 1.69. The zero-order valence-electron chi connectivity index (χ0n) is 11.5. The minimum absolute atomic E-state index is 0.518. The smallest absolute Gasteiger partial charge is 0.219 e. The summed E-state index contributed by atoms with van der Waals surface area (Å²) >= 11 is 0. The molecule has 102 valence electrons. The van der Waals surface area contributed by atoms with Gasteiger partial charge in [0.25, 0.3) is 0 Å². The molecule has 2 heterocycles. The van der Waals surface area contributed by atoms with E-state index in [1.165, 1.54) is 0 Å². The summed E-state index contributed by atoms with van der Waals surface area (Å²) in [5.41, 5.74) is 3.15. The van der Waals surface area contributed by atoms with Crippen molar-refractivity contribution in [3.05, 3.63) is 48.7 Å². The molecule has 2 aromatic carbocycles. The molecule has 4 heteroatoms. The van der Waals surface area contributed by atoms with Crippen LogP contribution in [0.1, 0.15) is 18.7 Å². The lowest BCUT2D eigenvalue weighted by molar-refractivity contribution is 0.589. The summed E-state index contributed by atoms with van der Waals surface area (Å²) in [6.07, 6.45) is 5.34. The molecule has 0 radical (unpaired) electrons. The van der Waals surface area contributed by atoms with E-state index in [-0.39, 0.29) is 0 Å². The molecule has 0 saturated heterocycles. The molecule has 2 aromatic heterocycles. The third-order valence-corrected chi connectivity index (χ3v) is 3.42. The summed E-state index contributed by atoms with van der Waals surface area (Å²) in [7, 11) is 0. The van der Waals surface area contributed by atoms with Gasteiger partial charge in [-0.15, -0.1) is 0 Å². The second-order valence-corrected chi connectivity index (χ2v) is 4.73. The van der Waals surface area contributed by atoms with Gasteiger partial charge in [0.05, 0.1) is 0 Å². The highest BCUT2D eigenvalue weighted by atomic mass is 16.4. The van der Waals surface area contributed by atoms with Gasteiger partial charge in [0, 0.05) is 10.8 Å². The maximum Gasteiger partial charge on any atom is 0.219 e. The number of oxazole rings is 2. The van der Waals surface area contributed by atoms with E-state index in [2.05, 4.69) is 16.5 Å². The van der Waals surface area contributed by atoms with E-state index < -0.39 is 0 Å².